The lowest BCUT2D eigenvalue weighted by Gasteiger charge is -2.03. The minimum Gasteiger partial charge on any atom is -0.461 e. The molecule has 0 fully saturated rings. The summed E-state index contributed by atoms with van der Waals surface area (Å²) in [4.78, 5) is 4.00. The van der Waals surface area contributed by atoms with Crippen molar-refractivity contribution >= 4 is 17.2 Å². The number of hydrogen-bond donors (Lipinski definition) is 1. The molecule has 0 saturated carbocycles. The second-order valence-electron chi connectivity index (χ2n) is 3.95. The van der Waals surface area contributed by atoms with Crippen LogP contribution in [0.3, 0.4) is 0 Å². The van der Waals surface area contributed by atoms with Gasteiger partial charge in [0, 0.05) is 10.4 Å². The van der Waals surface area contributed by atoms with Crippen LogP contribution < -0.4 is 10.7 Å². The molecule has 19 heavy (non-hydrogen) atoms. The lowest BCUT2D eigenvalue weighted by Crippen LogP contribution is -2.16. The van der Waals surface area contributed by atoms with Crippen LogP contribution in [0.2, 0.25) is 0 Å². The van der Waals surface area contributed by atoms with Crippen LogP contribution >= 0.6 is 11.3 Å². The van der Waals surface area contributed by atoms with Gasteiger partial charge in [-0.3, -0.25) is 5.73 Å². The number of nitrogen functional groups attached to an aromatic ring is 1. The number of aromatic nitrogens is 1. The van der Waals surface area contributed by atoms with E-state index in [2.05, 4.69) is 11.1 Å². The Hall–Kier alpha value is -2.58. The molecule has 0 spiro atoms. The highest BCUT2D eigenvalue weighted by molar-refractivity contribution is 7.13. The maximum absolute atomic E-state index is 9.25. The van der Waals surface area contributed by atoms with Gasteiger partial charge in [-0.15, -0.1) is 11.3 Å². The quantitative estimate of drug-likeness (QED) is 0.776. The number of nitrogens with two attached hydrogens (primary N) is 1. The summed E-state index contributed by atoms with van der Waals surface area (Å²) in [6.45, 7) is 0. The first-order chi connectivity index (χ1) is 9.29. The molecule has 0 radical (unpaired) electrons. The molecule has 0 bridgehead atoms. The van der Waals surface area contributed by atoms with Crippen LogP contribution in [0.4, 0.5) is 5.82 Å². The number of nitriles is 1. The summed E-state index contributed by atoms with van der Waals surface area (Å²) in [5, 5.41) is 11.2. The Morgan fingerprint density at radius 3 is 2.84 bits per heavy atom. The predicted molar refractivity (Wildman–Crippen MR) is 73.1 cm³/mol. The molecule has 3 rings (SSSR count). The third-order valence-electron chi connectivity index (χ3n) is 2.78. The molecule has 0 unspecified atom stereocenters. The van der Waals surface area contributed by atoms with Crippen molar-refractivity contribution in [3.05, 3.63) is 47.5 Å². The highest BCUT2D eigenvalue weighted by Crippen LogP contribution is 2.31. The van der Waals surface area contributed by atoms with Gasteiger partial charge in [0.25, 0.3) is 5.82 Å². The van der Waals surface area contributed by atoms with E-state index in [1.807, 2.05) is 35.7 Å². The molecule has 3 aromatic rings. The Morgan fingerprint density at radius 1 is 1.32 bits per heavy atom. The Labute approximate surface area is 113 Å². The molecule has 0 atom stereocenters. The Morgan fingerprint density at radius 2 is 2.21 bits per heavy atom. The summed E-state index contributed by atoms with van der Waals surface area (Å²) >= 11 is 1.57. The monoisotopic (exact) mass is 268 g/mol. The normalized spacial score (nSPS) is 10.3. The Balaban J connectivity index is 2.25. The Bertz CT molecular complexity index is 740. The standard InChI is InChI=1S/C14H9N3OS/c15-8-10-9(13-4-2-6-19-13)7-11(17-14(10)16)12-3-1-5-18-12/h1-7H,(H2,16,17)/p+1. The summed E-state index contributed by atoms with van der Waals surface area (Å²) in [5.41, 5.74) is 7.96. The molecule has 0 amide bonds. The lowest BCUT2D eigenvalue weighted by molar-refractivity contribution is -0.348. The number of hydrogen-bond acceptors (Lipinski definition) is 4. The van der Waals surface area contributed by atoms with E-state index in [9.17, 15) is 5.26 Å². The molecular formula is C14H10N3OS+. The van der Waals surface area contributed by atoms with Gasteiger partial charge >= 0.3 is 0 Å². The zero-order valence-corrected chi connectivity index (χ0v) is 10.7. The largest absolute Gasteiger partial charge is 0.461 e. The minimum atomic E-state index is 0.347. The summed E-state index contributed by atoms with van der Waals surface area (Å²) in [5.74, 6) is 1.04. The van der Waals surface area contributed by atoms with Crippen LogP contribution in [-0.2, 0) is 0 Å². The van der Waals surface area contributed by atoms with E-state index >= 15 is 0 Å². The van der Waals surface area contributed by atoms with Crippen LogP contribution in [-0.4, -0.2) is 0 Å². The number of pyridine rings is 1. The third kappa shape index (κ3) is 1.98. The van der Waals surface area contributed by atoms with Gasteiger partial charge in [0.15, 0.2) is 11.5 Å². The fourth-order valence-corrected chi connectivity index (χ4v) is 2.67. The van der Waals surface area contributed by atoms with Crippen molar-refractivity contribution in [1.82, 2.24) is 0 Å². The molecule has 3 aromatic heterocycles. The maximum atomic E-state index is 9.25. The van der Waals surface area contributed by atoms with Gasteiger partial charge in [-0.25, -0.2) is 4.98 Å². The Kier molecular flexibility index (Phi) is 2.78. The van der Waals surface area contributed by atoms with Crippen molar-refractivity contribution in [2.24, 2.45) is 0 Å². The number of aromatic amines is 1. The fourth-order valence-electron chi connectivity index (χ4n) is 1.92. The van der Waals surface area contributed by atoms with Gasteiger partial charge < -0.3 is 4.42 Å². The molecule has 4 nitrogen and oxygen atoms in total. The van der Waals surface area contributed by atoms with Gasteiger partial charge in [0.2, 0.25) is 0 Å². The second kappa shape index (κ2) is 4.59. The molecule has 5 heteroatoms. The van der Waals surface area contributed by atoms with Gasteiger partial charge in [-0.1, -0.05) is 6.07 Å². The number of nitrogens with one attached hydrogen (secondary N) is 1. The van der Waals surface area contributed by atoms with E-state index in [1.54, 1.807) is 17.6 Å². The molecule has 0 saturated heterocycles. The van der Waals surface area contributed by atoms with E-state index in [4.69, 9.17) is 10.2 Å². The maximum Gasteiger partial charge on any atom is 0.289 e. The lowest BCUT2D eigenvalue weighted by atomic mass is 10.1. The number of furan rings is 1. The van der Waals surface area contributed by atoms with Gasteiger partial charge in [0.05, 0.1) is 6.26 Å². The van der Waals surface area contributed by atoms with Crippen LogP contribution in [0.5, 0.6) is 0 Å². The van der Waals surface area contributed by atoms with Crippen LogP contribution in [0.1, 0.15) is 5.56 Å². The highest BCUT2D eigenvalue weighted by Gasteiger charge is 2.18. The minimum absolute atomic E-state index is 0.347. The number of nitrogens with zero attached hydrogens (tertiary/aromatic N) is 1. The van der Waals surface area contributed by atoms with Crippen molar-refractivity contribution in [1.29, 1.82) is 5.26 Å². The van der Waals surface area contributed by atoms with Crippen molar-refractivity contribution in [3.8, 4) is 28.0 Å². The SMILES string of the molecule is N#Cc1c(-c2cccs2)cc(-c2ccco2)[nH+]c1N. The summed E-state index contributed by atoms with van der Waals surface area (Å²) in [6, 6.07) is 11.6. The summed E-state index contributed by atoms with van der Waals surface area (Å²) < 4.78 is 5.35. The highest BCUT2D eigenvalue weighted by atomic mass is 32.1. The zero-order valence-electron chi connectivity index (χ0n) is 9.88. The zero-order chi connectivity index (χ0) is 13.2. The molecular weight excluding hydrogens is 258 g/mol. The molecule has 0 aliphatic heterocycles. The van der Waals surface area contributed by atoms with Crippen LogP contribution in [0, 0.1) is 11.3 Å². The molecule has 0 aliphatic rings. The third-order valence-corrected chi connectivity index (χ3v) is 3.68. The molecule has 3 N–H and O–H groups in total. The number of anilines is 1. The van der Waals surface area contributed by atoms with E-state index in [-0.39, 0.29) is 0 Å². The first-order valence-corrected chi connectivity index (χ1v) is 6.51. The van der Waals surface area contributed by atoms with Gasteiger partial charge in [-0.2, -0.15) is 5.26 Å². The van der Waals surface area contributed by atoms with Crippen molar-refractivity contribution in [3.63, 3.8) is 0 Å². The second-order valence-corrected chi connectivity index (χ2v) is 4.90. The van der Waals surface area contributed by atoms with E-state index < -0.39 is 0 Å². The van der Waals surface area contributed by atoms with Gasteiger partial charge in [-0.05, 0) is 29.6 Å². The van der Waals surface area contributed by atoms with E-state index in [0.29, 0.717) is 17.1 Å². The number of thiophene rings is 1. The topological polar surface area (TPSA) is 77.1 Å². The van der Waals surface area contributed by atoms with Crippen LogP contribution in [0.25, 0.3) is 21.9 Å². The predicted octanol–water partition coefficient (Wildman–Crippen LogP) is 2.94. The molecule has 0 aliphatic carbocycles. The fraction of sp³-hybridized carbons (Fsp3) is 0. The summed E-state index contributed by atoms with van der Waals surface area (Å²) in [6.07, 6.45) is 1.60. The first kappa shape index (κ1) is 11.5. The molecule has 0 aromatic carbocycles. The first-order valence-electron chi connectivity index (χ1n) is 5.63. The average Bonchev–Trinajstić information content (AvgIpc) is 3.11. The molecule has 92 valence electrons. The van der Waals surface area contributed by atoms with E-state index in [1.165, 1.54) is 0 Å². The van der Waals surface area contributed by atoms with Crippen molar-refractivity contribution in [2.45, 2.75) is 0 Å². The van der Waals surface area contributed by atoms with Crippen molar-refractivity contribution < 1.29 is 9.40 Å². The van der Waals surface area contributed by atoms with Crippen molar-refractivity contribution in [2.75, 3.05) is 5.73 Å². The van der Waals surface area contributed by atoms with Gasteiger partial charge in [0.1, 0.15) is 11.6 Å². The summed E-state index contributed by atoms with van der Waals surface area (Å²) in [7, 11) is 0. The van der Waals surface area contributed by atoms with Crippen LogP contribution in [0.15, 0.2) is 46.4 Å². The number of rotatable bonds is 2. The molecule has 3 heterocycles. The van der Waals surface area contributed by atoms with E-state index in [0.717, 1.165) is 16.1 Å². The average molecular weight is 268 g/mol. The number of H-pyrrole nitrogens is 1. The smallest absolute Gasteiger partial charge is 0.289 e.